The second-order valence-electron chi connectivity index (χ2n) is 7.83. The predicted molar refractivity (Wildman–Crippen MR) is 109 cm³/mol. The van der Waals surface area contributed by atoms with Crippen molar-refractivity contribution in [3.05, 3.63) is 60.2 Å². The van der Waals surface area contributed by atoms with Crippen LogP contribution < -0.4 is 14.8 Å². The molecule has 0 aliphatic carbocycles. The molecule has 0 saturated carbocycles. The second kappa shape index (κ2) is 7.58. The van der Waals surface area contributed by atoms with Gasteiger partial charge in [-0.3, -0.25) is 14.5 Å². The average Bonchev–Trinajstić information content (AvgIpc) is 3.26. The number of fused-ring (bicyclic) bond motifs is 1. The van der Waals surface area contributed by atoms with Crippen LogP contribution in [0.15, 0.2) is 49.1 Å². The van der Waals surface area contributed by atoms with E-state index in [1.165, 1.54) is 0 Å². The van der Waals surface area contributed by atoms with Crippen LogP contribution in [0.1, 0.15) is 25.0 Å². The molecule has 0 unspecified atom stereocenters. The maximum Gasteiger partial charge on any atom is 0.258 e. The van der Waals surface area contributed by atoms with E-state index in [1.807, 2.05) is 51.4 Å². The molecule has 29 heavy (non-hydrogen) atoms. The summed E-state index contributed by atoms with van der Waals surface area (Å²) in [5.74, 6) is 1.13. The first-order valence-corrected chi connectivity index (χ1v) is 9.53. The average molecular weight is 392 g/mol. The molecule has 0 radical (unpaired) electrons. The van der Waals surface area contributed by atoms with E-state index in [9.17, 15) is 4.79 Å². The van der Waals surface area contributed by atoms with Crippen molar-refractivity contribution in [3.8, 4) is 22.6 Å². The van der Waals surface area contributed by atoms with Gasteiger partial charge in [-0.2, -0.15) is 5.10 Å². The van der Waals surface area contributed by atoms with Crippen molar-refractivity contribution in [2.75, 3.05) is 6.61 Å². The van der Waals surface area contributed by atoms with Crippen LogP contribution in [-0.2, 0) is 24.8 Å². The van der Waals surface area contributed by atoms with E-state index in [0.29, 0.717) is 12.3 Å². The number of nitrogens with zero attached hydrogens (tertiary/aromatic N) is 3. The van der Waals surface area contributed by atoms with Crippen molar-refractivity contribution in [1.29, 1.82) is 0 Å². The Morgan fingerprint density at radius 2 is 2.14 bits per heavy atom. The second-order valence-corrected chi connectivity index (χ2v) is 7.83. The van der Waals surface area contributed by atoms with E-state index in [1.54, 1.807) is 23.3 Å². The van der Waals surface area contributed by atoms with Crippen molar-refractivity contribution >= 4 is 5.91 Å². The van der Waals surface area contributed by atoms with E-state index in [2.05, 4.69) is 15.4 Å². The number of benzene rings is 1. The topological polar surface area (TPSA) is 78.3 Å². The standard InChI is InChI=1S/C22H24N4O3/c1-22(2)8-16-5-4-6-19(21(16)29-22)28-14-20(27)24-10-15-7-17(11-23-9-15)18-12-25-26(3)13-18/h4-7,9,11-13H,8,10,14H2,1-3H3,(H,24,27). The monoisotopic (exact) mass is 392 g/mol. The summed E-state index contributed by atoms with van der Waals surface area (Å²) in [5, 5.41) is 7.05. The Morgan fingerprint density at radius 1 is 1.28 bits per heavy atom. The van der Waals surface area contributed by atoms with Gasteiger partial charge in [0, 0.05) is 55.3 Å². The lowest BCUT2D eigenvalue weighted by atomic mass is 10.0. The van der Waals surface area contributed by atoms with Gasteiger partial charge in [0.05, 0.1) is 6.20 Å². The first-order valence-electron chi connectivity index (χ1n) is 9.53. The van der Waals surface area contributed by atoms with Crippen LogP contribution >= 0.6 is 0 Å². The largest absolute Gasteiger partial charge is 0.483 e. The number of nitrogens with one attached hydrogen (secondary N) is 1. The fraction of sp³-hybridized carbons (Fsp3) is 0.318. The molecule has 150 valence electrons. The number of pyridine rings is 1. The van der Waals surface area contributed by atoms with Gasteiger partial charge in [-0.05, 0) is 31.5 Å². The highest BCUT2D eigenvalue weighted by Crippen LogP contribution is 2.41. The third-order valence-corrected chi connectivity index (χ3v) is 4.74. The Labute approximate surface area is 169 Å². The van der Waals surface area contributed by atoms with E-state index in [-0.39, 0.29) is 18.1 Å². The highest BCUT2D eigenvalue weighted by Gasteiger charge is 2.32. The summed E-state index contributed by atoms with van der Waals surface area (Å²) in [4.78, 5) is 16.5. The van der Waals surface area contributed by atoms with Gasteiger partial charge in [-0.25, -0.2) is 0 Å². The van der Waals surface area contributed by atoms with Crippen LogP contribution in [0.3, 0.4) is 0 Å². The molecule has 0 fully saturated rings. The molecule has 3 aromatic rings. The Hall–Kier alpha value is -3.35. The van der Waals surface area contributed by atoms with Crippen LogP contribution in [0.25, 0.3) is 11.1 Å². The van der Waals surface area contributed by atoms with Gasteiger partial charge in [0.25, 0.3) is 5.91 Å². The number of para-hydroxylation sites is 1. The molecule has 7 heteroatoms. The Balaban J connectivity index is 1.33. The minimum Gasteiger partial charge on any atom is -0.483 e. The first-order chi connectivity index (χ1) is 13.9. The lowest BCUT2D eigenvalue weighted by Gasteiger charge is -2.18. The molecule has 1 aliphatic rings. The SMILES string of the molecule is Cn1cc(-c2cncc(CNC(=O)COc3cccc4c3OC(C)(C)C4)c2)cn1. The Morgan fingerprint density at radius 3 is 2.93 bits per heavy atom. The lowest BCUT2D eigenvalue weighted by Crippen LogP contribution is -2.28. The molecular formula is C22H24N4O3. The molecule has 2 aromatic heterocycles. The summed E-state index contributed by atoms with van der Waals surface area (Å²) in [6.45, 7) is 4.38. The molecule has 0 spiro atoms. The van der Waals surface area contributed by atoms with Crippen molar-refractivity contribution in [3.63, 3.8) is 0 Å². The maximum absolute atomic E-state index is 12.3. The Kier molecular flexibility index (Phi) is 4.96. The fourth-order valence-corrected chi connectivity index (χ4v) is 3.41. The molecule has 4 rings (SSSR count). The minimum absolute atomic E-state index is 0.0734. The van der Waals surface area contributed by atoms with Gasteiger partial charge < -0.3 is 14.8 Å². The molecule has 3 heterocycles. The van der Waals surface area contributed by atoms with Crippen molar-refractivity contribution in [2.45, 2.75) is 32.4 Å². The molecule has 1 N–H and O–H groups in total. The zero-order valence-electron chi connectivity index (χ0n) is 16.8. The zero-order valence-corrected chi connectivity index (χ0v) is 16.8. The van der Waals surface area contributed by atoms with Crippen molar-refractivity contribution in [2.24, 2.45) is 7.05 Å². The van der Waals surface area contributed by atoms with E-state index < -0.39 is 0 Å². The van der Waals surface area contributed by atoms with Crippen LogP contribution in [0, 0.1) is 0 Å². The molecule has 1 amide bonds. The van der Waals surface area contributed by atoms with Crippen LogP contribution in [0.5, 0.6) is 11.5 Å². The van der Waals surface area contributed by atoms with Gasteiger partial charge >= 0.3 is 0 Å². The number of rotatable bonds is 6. The molecular weight excluding hydrogens is 368 g/mol. The molecule has 0 bridgehead atoms. The predicted octanol–water partition coefficient (Wildman–Crippen LogP) is 2.89. The number of hydrogen-bond donors (Lipinski definition) is 1. The van der Waals surface area contributed by atoms with E-state index in [4.69, 9.17) is 9.47 Å². The maximum atomic E-state index is 12.3. The number of hydrogen-bond acceptors (Lipinski definition) is 5. The molecule has 1 aliphatic heterocycles. The first kappa shape index (κ1) is 19.0. The minimum atomic E-state index is -0.254. The van der Waals surface area contributed by atoms with Gasteiger partial charge in [0.1, 0.15) is 5.60 Å². The molecule has 0 saturated heterocycles. The number of aromatic nitrogens is 3. The zero-order chi connectivity index (χ0) is 20.4. The number of ether oxygens (including phenoxy) is 2. The van der Waals surface area contributed by atoms with Gasteiger partial charge in [0.15, 0.2) is 18.1 Å². The van der Waals surface area contributed by atoms with E-state index in [0.717, 1.165) is 34.4 Å². The number of aryl methyl sites for hydroxylation is 1. The smallest absolute Gasteiger partial charge is 0.258 e. The third-order valence-electron chi connectivity index (χ3n) is 4.74. The van der Waals surface area contributed by atoms with Crippen LogP contribution in [-0.4, -0.2) is 32.9 Å². The van der Waals surface area contributed by atoms with Gasteiger partial charge in [-0.1, -0.05) is 12.1 Å². The summed E-state index contributed by atoms with van der Waals surface area (Å²) >= 11 is 0. The van der Waals surface area contributed by atoms with Gasteiger partial charge in [-0.15, -0.1) is 0 Å². The van der Waals surface area contributed by atoms with Crippen molar-refractivity contribution < 1.29 is 14.3 Å². The third kappa shape index (κ3) is 4.39. The number of carbonyl (C=O) groups is 1. The quantitative estimate of drug-likeness (QED) is 0.698. The lowest BCUT2D eigenvalue weighted by molar-refractivity contribution is -0.123. The van der Waals surface area contributed by atoms with Crippen LogP contribution in [0.2, 0.25) is 0 Å². The summed E-state index contributed by atoms with van der Waals surface area (Å²) in [7, 11) is 1.87. The molecule has 7 nitrogen and oxygen atoms in total. The summed E-state index contributed by atoms with van der Waals surface area (Å²) in [6.07, 6.45) is 8.06. The fourth-order valence-electron chi connectivity index (χ4n) is 3.41. The summed E-state index contributed by atoms with van der Waals surface area (Å²) < 4.78 is 13.4. The normalized spacial score (nSPS) is 14.2. The highest BCUT2D eigenvalue weighted by molar-refractivity contribution is 5.77. The van der Waals surface area contributed by atoms with E-state index >= 15 is 0 Å². The highest BCUT2D eigenvalue weighted by atomic mass is 16.5. The van der Waals surface area contributed by atoms with Gasteiger partial charge in [0.2, 0.25) is 0 Å². The number of amides is 1. The van der Waals surface area contributed by atoms with Crippen molar-refractivity contribution in [1.82, 2.24) is 20.1 Å². The summed E-state index contributed by atoms with van der Waals surface area (Å²) in [5.41, 5.74) is 3.70. The molecule has 0 atom stereocenters. The summed E-state index contributed by atoms with van der Waals surface area (Å²) in [6, 6.07) is 7.77. The van der Waals surface area contributed by atoms with Crippen LogP contribution in [0.4, 0.5) is 0 Å². The Bertz CT molecular complexity index is 1040. The molecule has 1 aromatic carbocycles. The number of carbonyl (C=O) groups excluding carboxylic acids is 1.